The lowest BCUT2D eigenvalue weighted by Gasteiger charge is -2.08. The van der Waals surface area contributed by atoms with Crippen molar-refractivity contribution in [1.29, 1.82) is 0 Å². The molecule has 0 unspecified atom stereocenters. The van der Waals surface area contributed by atoms with Crippen LogP contribution in [0.3, 0.4) is 0 Å². The third kappa shape index (κ3) is 3.33. The highest BCUT2D eigenvalue weighted by Gasteiger charge is 2.08. The highest BCUT2D eigenvalue weighted by atomic mass is 16.5. The van der Waals surface area contributed by atoms with Crippen LogP contribution in [-0.4, -0.2) is 22.7 Å². The first kappa shape index (κ1) is 14.0. The van der Waals surface area contributed by atoms with Gasteiger partial charge in [-0.05, 0) is 19.1 Å². The minimum absolute atomic E-state index is 0.114. The minimum Gasteiger partial charge on any atom is -0.462 e. The molecule has 0 saturated carbocycles. The highest BCUT2D eigenvalue weighted by molar-refractivity contribution is 5.89. The Hall–Kier alpha value is -2.40. The van der Waals surface area contributed by atoms with Gasteiger partial charge in [0.05, 0.1) is 18.8 Å². The van der Waals surface area contributed by atoms with E-state index in [4.69, 9.17) is 9.47 Å². The van der Waals surface area contributed by atoms with Crippen molar-refractivity contribution in [3.05, 3.63) is 53.7 Å². The molecule has 0 atom stereocenters. The molecule has 0 spiro atoms. The average molecular weight is 273 g/mol. The third-order valence-electron chi connectivity index (χ3n) is 2.60. The second kappa shape index (κ2) is 6.68. The molecule has 5 nitrogen and oxygen atoms in total. The number of nitrogens with zero attached hydrogens (tertiary/aromatic N) is 1. The molecule has 2 aromatic rings. The Labute approximate surface area is 116 Å². The van der Waals surface area contributed by atoms with Crippen LogP contribution in [0, 0.1) is 0 Å². The zero-order chi connectivity index (χ0) is 14.4. The van der Waals surface area contributed by atoms with Crippen LogP contribution in [-0.2, 0) is 11.3 Å². The summed E-state index contributed by atoms with van der Waals surface area (Å²) in [6, 6.07) is 10.3. The minimum atomic E-state index is -0.415. The van der Waals surface area contributed by atoms with Gasteiger partial charge in [-0.15, -0.1) is 0 Å². The number of para-hydroxylation sites is 1. The quantitative estimate of drug-likeness (QED) is 0.848. The molecule has 2 rings (SSSR count). The van der Waals surface area contributed by atoms with Gasteiger partial charge in [-0.2, -0.15) is 0 Å². The fourth-order valence-corrected chi connectivity index (χ4v) is 1.62. The summed E-state index contributed by atoms with van der Waals surface area (Å²) < 4.78 is 10.4. The first-order chi connectivity index (χ1) is 9.74. The standard InChI is InChI=1S/C15H15NO4/c1-2-19-15(18)11-7-8-14(16-9-11)20-13-6-4-3-5-12(13)10-17/h3-9,17H,2,10H2,1H3. The van der Waals surface area contributed by atoms with Crippen LogP contribution in [0.1, 0.15) is 22.8 Å². The highest BCUT2D eigenvalue weighted by Crippen LogP contribution is 2.23. The Morgan fingerprint density at radius 2 is 2.05 bits per heavy atom. The van der Waals surface area contributed by atoms with Crippen molar-refractivity contribution in [1.82, 2.24) is 4.98 Å². The summed E-state index contributed by atoms with van der Waals surface area (Å²) in [5, 5.41) is 9.21. The van der Waals surface area contributed by atoms with Crippen LogP contribution in [0.5, 0.6) is 11.6 Å². The van der Waals surface area contributed by atoms with Gasteiger partial charge in [-0.25, -0.2) is 9.78 Å². The van der Waals surface area contributed by atoms with Crippen LogP contribution >= 0.6 is 0 Å². The molecule has 104 valence electrons. The summed E-state index contributed by atoms with van der Waals surface area (Å²) in [5.41, 5.74) is 1.04. The molecular formula is C15H15NO4. The Balaban J connectivity index is 2.13. The molecule has 0 amide bonds. The van der Waals surface area contributed by atoms with Gasteiger partial charge in [0.2, 0.25) is 5.88 Å². The number of hydrogen-bond acceptors (Lipinski definition) is 5. The summed E-state index contributed by atoms with van der Waals surface area (Å²) in [6.45, 7) is 1.95. The number of benzene rings is 1. The van der Waals surface area contributed by atoms with Crippen LogP contribution in [0.2, 0.25) is 0 Å². The van der Waals surface area contributed by atoms with E-state index in [9.17, 15) is 9.90 Å². The fraction of sp³-hybridized carbons (Fsp3) is 0.200. The third-order valence-corrected chi connectivity index (χ3v) is 2.60. The van der Waals surface area contributed by atoms with Crippen molar-refractivity contribution in [2.24, 2.45) is 0 Å². The van der Waals surface area contributed by atoms with Crippen LogP contribution in [0.15, 0.2) is 42.6 Å². The molecule has 20 heavy (non-hydrogen) atoms. The smallest absolute Gasteiger partial charge is 0.339 e. The summed E-state index contributed by atoms with van der Waals surface area (Å²) in [5.74, 6) is 0.465. The van der Waals surface area contributed by atoms with Crippen molar-refractivity contribution in [2.45, 2.75) is 13.5 Å². The topological polar surface area (TPSA) is 68.7 Å². The second-order valence-corrected chi connectivity index (χ2v) is 3.97. The maximum absolute atomic E-state index is 11.5. The summed E-state index contributed by atoms with van der Waals surface area (Å²) in [6.07, 6.45) is 1.40. The Morgan fingerprint density at radius 1 is 1.25 bits per heavy atom. The van der Waals surface area contributed by atoms with Crippen molar-refractivity contribution >= 4 is 5.97 Å². The summed E-state index contributed by atoms with van der Waals surface area (Å²) in [4.78, 5) is 15.5. The van der Waals surface area contributed by atoms with E-state index in [1.807, 2.05) is 12.1 Å². The molecule has 1 N–H and O–H groups in total. The van der Waals surface area contributed by atoms with E-state index < -0.39 is 5.97 Å². The first-order valence-electron chi connectivity index (χ1n) is 6.24. The molecule has 0 fully saturated rings. The van der Waals surface area contributed by atoms with Crippen molar-refractivity contribution in [2.75, 3.05) is 6.61 Å². The zero-order valence-electron chi connectivity index (χ0n) is 11.1. The van der Waals surface area contributed by atoms with Gasteiger partial charge in [0.15, 0.2) is 0 Å². The van der Waals surface area contributed by atoms with E-state index in [0.717, 1.165) is 0 Å². The van der Waals surface area contributed by atoms with Crippen molar-refractivity contribution in [3.63, 3.8) is 0 Å². The number of aliphatic hydroxyl groups excluding tert-OH is 1. The van der Waals surface area contributed by atoms with E-state index in [2.05, 4.69) is 4.98 Å². The fourth-order valence-electron chi connectivity index (χ4n) is 1.62. The number of carbonyl (C=O) groups excluding carboxylic acids is 1. The molecule has 0 bridgehead atoms. The van der Waals surface area contributed by atoms with E-state index in [1.54, 1.807) is 31.2 Å². The number of aliphatic hydroxyl groups is 1. The van der Waals surface area contributed by atoms with Crippen molar-refractivity contribution < 1.29 is 19.4 Å². The molecular weight excluding hydrogens is 258 g/mol. The van der Waals surface area contributed by atoms with Gasteiger partial charge in [-0.1, -0.05) is 18.2 Å². The van der Waals surface area contributed by atoms with Gasteiger partial charge in [0, 0.05) is 17.8 Å². The normalized spacial score (nSPS) is 10.1. The van der Waals surface area contributed by atoms with Crippen LogP contribution < -0.4 is 4.74 Å². The molecule has 0 aliphatic rings. The zero-order valence-corrected chi connectivity index (χ0v) is 11.1. The maximum atomic E-state index is 11.5. The van der Waals surface area contributed by atoms with E-state index in [1.165, 1.54) is 6.20 Å². The maximum Gasteiger partial charge on any atom is 0.339 e. The molecule has 1 aromatic heterocycles. The molecule has 1 heterocycles. The van der Waals surface area contributed by atoms with Gasteiger partial charge in [-0.3, -0.25) is 0 Å². The van der Waals surface area contributed by atoms with Gasteiger partial charge in [0.25, 0.3) is 0 Å². The summed E-state index contributed by atoms with van der Waals surface area (Å²) in [7, 11) is 0. The number of carbonyl (C=O) groups is 1. The molecule has 0 saturated heterocycles. The number of hydrogen-bond donors (Lipinski definition) is 1. The largest absolute Gasteiger partial charge is 0.462 e. The van der Waals surface area contributed by atoms with Gasteiger partial charge < -0.3 is 14.6 Å². The number of rotatable bonds is 5. The summed E-state index contributed by atoms with van der Waals surface area (Å²) >= 11 is 0. The van der Waals surface area contributed by atoms with Crippen LogP contribution in [0.25, 0.3) is 0 Å². The lowest BCUT2D eigenvalue weighted by molar-refractivity contribution is 0.0526. The van der Waals surface area contributed by atoms with Gasteiger partial charge in [0.1, 0.15) is 5.75 Å². The molecule has 1 aromatic carbocycles. The van der Waals surface area contributed by atoms with Crippen LogP contribution in [0.4, 0.5) is 0 Å². The Bertz CT molecular complexity index is 581. The lowest BCUT2D eigenvalue weighted by atomic mass is 10.2. The molecule has 0 aliphatic heterocycles. The lowest BCUT2D eigenvalue weighted by Crippen LogP contribution is -2.05. The number of aromatic nitrogens is 1. The molecule has 0 aliphatic carbocycles. The monoisotopic (exact) mass is 273 g/mol. The van der Waals surface area contributed by atoms with E-state index in [0.29, 0.717) is 29.4 Å². The second-order valence-electron chi connectivity index (χ2n) is 3.97. The average Bonchev–Trinajstić information content (AvgIpc) is 2.49. The number of esters is 1. The first-order valence-corrected chi connectivity index (χ1v) is 6.24. The van der Waals surface area contributed by atoms with E-state index >= 15 is 0 Å². The SMILES string of the molecule is CCOC(=O)c1ccc(Oc2ccccc2CO)nc1. The predicted molar refractivity (Wildman–Crippen MR) is 72.6 cm³/mol. The Morgan fingerprint density at radius 3 is 2.70 bits per heavy atom. The molecule has 5 heteroatoms. The van der Waals surface area contributed by atoms with Crippen molar-refractivity contribution in [3.8, 4) is 11.6 Å². The van der Waals surface area contributed by atoms with E-state index in [-0.39, 0.29) is 6.61 Å². The number of pyridine rings is 1. The van der Waals surface area contributed by atoms with Gasteiger partial charge >= 0.3 is 5.97 Å². The Kier molecular flexibility index (Phi) is 4.68. The predicted octanol–water partition coefficient (Wildman–Crippen LogP) is 2.54. The number of ether oxygens (including phenoxy) is 2. The molecule has 0 radical (unpaired) electrons.